The number of rotatable bonds is 13. The first-order valence-electron chi connectivity index (χ1n) is 12.7. The lowest BCUT2D eigenvalue weighted by Gasteiger charge is -2.12. The maximum atomic E-state index is 12.3. The zero-order valence-electron chi connectivity index (χ0n) is 22.1. The van der Waals surface area contributed by atoms with E-state index >= 15 is 0 Å². The van der Waals surface area contributed by atoms with Gasteiger partial charge in [0.15, 0.2) is 10.8 Å². The number of tetrazole rings is 1. The van der Waals surface area contributed by atoms with Gasteiger partial charge in [0.2, 0.25) is 5.82 Å². The van der Waals surface area contributed by atoms with Gasteiger partial charge in [-0.2, -0.15) is 0 Å². The topological polar surface area (TPSA) is 178 Å². The molecule has 0 spiro atoms. The molecule has 0 radical (unpaired) electrons. The number of carbonyl (C=O) groups excluding carboxylic acids is 1. The number of carboxylic acid groups (broad SMARTS) is 1. The SMILES string of the molecule is CCCCc1nc(Cl)c(C(=O)O)n1Cc1ccc(-c2ccccc2-c2nnn(C(=O)OCCCON(O)O)n2)cc1. The van der Waals surface area contributed by atoms with Crippen molar-refractivity contribution < 1.29 is 34.7 Å². The Balaban J connectivity index is 1.50. The molecule has 0 aliphatic heterocycles. The summed E-state index contributed by atoms with van der Waals surface area (Å²) in [4.78, 5) is 33.5. The normalized spacial score (nSPS) is 11.2. The molecule has 0 unspecified atom stereocenters. The van der Waals surface area contributed by atoms with Gasteiger partial charge in [0.05, 0.1) is 18.6 Å². The minimum Gasteiger partial charge on any atom is -0.476 e. The molecule has 2 heterocycles. The van der Waals surface area contributed by atoms with E-state index in [2.05, 4.69) is 32.2 Å². The van der Waals surface area contributed by atoms with Crippen molar-refractivity contribution in [3.63, 3.8) is 0 Å². The fraction of sp³-hybridized carbons (Fsp3) is 0.308. The van der Waals surface area contributed by atoms with Gasteiger partial charge in [0, 0.05) is 24.9 Å². The van der Waals surface area contributed by atoms with Gasteiger partial charge in [-0.3, -0.25) is 15.3 Å². The lowest BCUT2D eigenvalue weighted by molar-refractivity contribution is -0.492. The third-order valence-corrected chi connectivity index (χ3v) is 6.30. The summed E-state index contributed by atoms with van der Waals surface area (Å²) in [5, 5.41) is 38.2. The maximum Gasteiger partial charge on any atom is 0.453 e. The minimum atomic E-state index is -1.13. The van der Waals surface area contributed by atoms with Gasteiger partial charge in [-0.1, -0.05) is 78.3 Å². The molecule has 0 amide bonds. The second kappa shape index (κ2) is 13.9. The highest BCUT2D eigenvalue weighted by Gasteiger charge is 2.22. The molecule has 216 valence electrons. The van der Waals surface area contributed by atoms with Crippen LogP contribution in [0.1, 0.15) is 48.1 Å². The van der Waals surface area contributed by atoms with Crippen LogP contribution in [0.4, 0.5) is 4.79 Å². The number of carboxylic acids is 1. The van der Waals surface area contributed by atoms with Crippen LogP contribution in [0.25, 0.3) is 22.5 Å². The van der Waals surface area contributed by atoms with Crippen LogP contribution >= 0.6 is 11.6 Å². The van der Waals surface area contributed by atoms with Gasteiger partial charge in [-0.15, -0.1) is 10.2 Å². The van der Waals surface area contributed by atoms with Gasteiger partial charge >= 0.3 is 12.1 Å². The van der Waals surface area contributed by atoms with Gasteiger partial charge in [0.25, 0.3) is 0 Å². The molecule has 0 saturated carbocycles. The van der Waals surface area contributed by atoms with Crippen LogP contribution < -0.4 is 0 Å². The van der Waals surface area contributed by atoms with E-state index in [1.54, 1.807) is 10.6 Å². The highest BCUT2D eigenvalue weighted by atomic mass is 35.5. The number of unbranched alkanes of at least 4 members (excludes halogenated alkanes) is 1. The number of hydrogen-bond acceptors (Lipinski definition) is 11. The number of halogens is 1. The molecular weight excluding hydrogens is 558 g/mol. The van der Waals surface area contributed by atoms with Crippen LogP contribution in [-0.4, -0.2) is 75.9 Å². The Kier molecular flexibility index (Phi) is 10.1. The Morgan fingerprint density at radius 1 is 1.02 bits per heavy atom. The van der Waals surface area contributed by atoms with E-state index in [1.807, 2.05) is 42.5 Å². The summed E-state index contributed by atoms with van der Waals surface area (Å²) in [5.74, 6) is -0.290. The quantitative estimate of drug-likeness (QED) is 0.149. The summed E-state index contributed by atoms with van der Waals surface area (Å²) in [7, 11) is 0. The van der Waals surface area contributed by atoms with Gasteiger partial charge in [-0.25, -0.2) is 14.6 Å². The van der Waals surface area contributed by atoms with E-state index in [4.69, 9.17) is 26.8 Å². The average Bonchev–Trinajstić information content (AvgIpc) is 3.56. The molecule has 14 nitrogen and oxygen atoms in total. The molecule has 4 aromatic rings. The number of aryl methyl sites for hydroxylation is 1. The number of aromatic nitrogens is 6. The highest BCUT2D eigenvalue weighted by Crippen LogP contribution is 2.30. The fourth-order valence-electron chi connectivity index (χ4n) is 4.09. The first kappa shape index (κ1) is 29.8. The van der Waals surface area contributed by atoms with E-state index in [1.165, 1.54) is 0 Å². The van der Waals surface area contributed by atoms with Crippen LogP contribution in [0.2, 0.25) is 5.15 Å². The molecule has 41 heavy (non-hydrogen) atoms. The predicted octanol–water partition coefficient (Wildman–Crippen LogP) is 4.33. The average molecular weight is 586 g/mol. The van der Waals surface area contributed by atoms with Crippen LogP contribution in [0.15, 0.2) is 48.5 Å². The Hall–Kier alpha value is -4.21. The number of aromatic carboxylic acids is 1. The lowest BCUT2D eigenvalue weighted by atomic mass is 9.98. The predicted molar refractivity (Wildman–Crippen MR) is 143 cm³/mol. The summed E-state index contributed by atoms with van der Waals surface area (Å²) >= 11 is 6.16. The Labute approximate surface area is 239 Å². The number of benzene rings is 2. The first-order chi connectivity index (χ1) is 19.8. The van der Waals surface area contributed by atoms with E-state index in [-0.39, 0.29) is 36.3 Å². The van der Waals surface area contributed by atoms with Crippen molar-refractivity contribution in [2.24, 2.45) is 0 Å². The summed E-state index contributed by atoms with van der Waals surface area (Å²) in [6, 6.07) is 15.0. The summed E-state index contributed by atoms with van der Waals surface area (Å²) in [6.07, 6.45) is 1.78. The fourth-order valence-corrected chi connectivity index (χ4v) is 4.37. The highest BCUT2D eigenvalue weighted by molar-refractivity contribution is 6.32. The molecule has 0 atom stereocenters. The Morgan fingerprint density at radius 2 is 1.76 bits per heavy atom. The largest absolute Gasteiger partial charge is 0.476 e. The summed E-state index contributed by atoms with van der Waals surface area (Å²) in [5.41, 5.74) is 3.11. The van der Waals surface area contributed by atoms with Gasteiger partial charge in [-0.05, 0) is 28.3 Å². The number of ether oxygens (including phenoxy) is 1. The van der Waals surface area contributed by atoms with Crippen molar-refractivity contribution in [3.8, 4) is 22.5 Å². The van der Waals surface area contributed by atoms with Crippen LogP contribution in [0.3, 0.4) is 0 Å². The smallest absolute Gasteiger partial charge is 0.453 e. The Bertz CT molecular complexity index is 1490. The van der Waals surface area contributed by atoms with E-state index < -0.39 is 17.5 Å². The van der Waals surface area contributed by atoms with Gasteiger partial charge in [0.1, 0.15) is 5.82 Å². The standard InChI is InChI=1S/C26H28ClN7O7/c1-2-3-9-21-28-23(27)22(25(35)36)32(21)16-17-10-12-18(13-11-17)19-7-4-5-8-20(19)24-29-31-33(30-24)26(37)40-14-6-15-41-34(38)39/h4-5,7-8,10-13,38-39H,2-3,6,9,14-16H2,1H3,(H,35,36). The number of carbonyl (C=O) groups is 2. The number of hydrogen-bond donors (Lipinski definition) is 3. The van der Waals surface area contributed by atoms with Crippen molar-refractivity contribution in [2.75, 3.05) is 13.2 Å². The van der Waals surface area contributed by atoms with E-state index in [0.29, 0.717) is 24.4 Å². The number of nitrogens with zero attached hydrogens (tertiary/aromatic N) is 7. The molecule has 2 aromatic heterocycles. The molecule has 4 rings (SSSR count). The second-order valence-electron chi connectivity index (χ2n) is 8.86. The molecule has 3 N–H and O–H groups in total. The minimum absolute atomic E-state index is 0.0210. The summed E-state index contributed by atoms with van der Waals surface area (Å²) < 4.78 is 6.68. The van der Waals surface area contributed by atoms with Crippen molar-refractivity contribution in [3.05, 3.63) is 70.8 Å². The Morgan fingerprint density at radius 3 is 2.44 bits per heavy atom. The molecule has 0 aliphatic carbocycles. The van der Waals surface area contributed by atoms with Crippen molar-refractivity contribution in [1.29, 1.82) is 0 Å². The molecule has 0 bridgehead atoms. The maximum absolute atomic E-state index is 12.3. The van der Waals surface area contributed by atoms with E-state index in [0.717, 1.165) is 34.3 Å². The number of imidazole rings is 1. The molecule has 2 aromatic carbocycles. The second-order valence-corrected chi connectivity index (χ2v) is 9.22. The zero-order chi connectivity index (χ0) is 29.4. The van der Waals surface area contributed by atoms with Gasteiger partial charge < -0.3 is 14.4 Å². The first-order valence-corrected chi connectivity index (χ1v) is 13.1. The third-order valence-electron chi connectivity index (χ3n) is 6.03. The lowest BCUT2D eigenvalue weighted by Crippen LogP contribution is -2.19. The van der Waals surface area contributed by atoms with Crippen molar-refractivity contribution >= 4 is 23.7 Å². The molecule has 15 heteroatoms. The third kappa shape index (κ3) is 7.50. The molecule has 0 fully saturated rings. The summed E-state index contributed by atoms with van der Waals surface area (Å²) in [6.45, 7) is 2.20. The molecule has 0 saturated heterocycles. The molecular formula is C26H28ClN7O7. The van der Waals surface area contributed by atoms with Crippen LogP contribution in [-0.2, 0) is 22.5 Å². The van der Waals surface area contributed by atoms with Crippen LogP contribution in [0, 0.1) is 0 Å². The van der Waals surface area contributed by atoms with Crippen LogP contribution in [0.5, 0.6) is 0 Å². The van der Waals surface area contributed by atoms with Crippen molar-refractivity contribution in [1.82, 2.24) is 35.1 Å². The van der Waals surface area contributed by atoms with Crippen molar-refractivity contribution in [2.45, 2.75) is 39.2 Å². The molecule has 0 aliphatic rings. The monoisotopic (exact) mass is 585 g/mol. The van der Waals surface area contributed by atoms with E-state index in [9.17, 15) is 14.7 Å². The zero-order valence-corrected chi connectivity index (χ0v) is 22.8.